The Hall–Kier alpha value is -0.160. The smallest absolute Gasteiger partial charge is 0.0594 e. The molecule has 0 radical (unpaired) electrons. The summed E-state index contributed by atoms with van der Waals surface area (Å²) in [7, 11) is 0. The van der Waals surface area contributed by atoms with E-state index < -0.39 is 0 Å². The number of rotatable bonds is 4. The van der Waals surface area contributed by atoms with Crippen LogP contribution >= 0.6 is 0 Å². The monoisotopic (exact) mass is 241 g/mol. The second-order valence-electron chi connectivity index (χ2n) is 5.80. The van der Waals surface area contributed by atoms with Crippen LogP contribution in [0.15, 0.2) is 0 Å². The lowest BCUT2D eigenvalue weighted by Crippen LogP contribution is -2.65. The molecule has 2 rings (SSSR count). The third-order valence-corrected chi connectivity index (χ3v) is 4.54. The summed E-state index contributed by atoms with van der Waals surface area (Å²) in [4.78, 5) is 2.63. The van der Waals surface area contributed by atoms with Gasteiger partial charge >= 0.3 is 0 Å². The lowest BCUT2D eigenvalue weighted by molar-refractivity contribution is -0.0425. The molecule has 1 heterocycles. The Balaban J connectivity index is 2.17. The Morgan fingerprint density at radius 3 is 2.24 bits per heavy atom. The van der Waals surface area contributed by atoms with Crippen LogP contribution in [0.4, 0.5) is 0 Å². The Morgan fingerprint density at radius 2 is 1.76 bits per heavy atom. The molecule has 1 aliphatic carbocycles. The third kappa shape index (κ3) is 2.50. The van der Waals surface area contributed by atoms with Gasteiger partial charge in [0.2, 0.25) is 0 Å². The van der Waals surface area contributed by atoms with E-state index in [4.69, 9.17) is 10.6 Å². The van der Waals surface area contributed by atoms with Gasteiger partial charge in [0, 0.05) is 24.7 Å². The summed E-state index contributed by atoms with van der Waals surface area (Å²) in [5.74, 6) is 6.41. The highest BCUT2D eigenvalue weighted by atomic mass is 16.5. The molecule has 17 heavy (non-hydrogen) atoms. The van der Waals surface area contributed by atoms with Crippen LogP contribution in [0.1, 0.15) is 39.5 Å². The highest BCUT2D eigenvalue weighted by molar-refractivity contribution is 5.04. The van der Waals surface area contributed by atoms with Crippen molar-refractivity contribution in [1.82, 2.24) is 10.3 Å². The molecular formula is C13H27N3O. The molecule has 0 amide bonds. The van der Waals surface area contributed by atoms with Crippen molar-refractivity contribution < 1.29 is 4.74 Å². The minimum Gasteiger partial charge on any atom is -0.379 e. The normalized spacial score (nSPS) is 27.5. The van der Waals surface area contributed by atoms with Crippen molar-refractivity contribution in [2.75, 3.05) is 26.3 Å². The lowest BCUT2D eigenvalue weighted by Gasteiger charge is -2.49. The molecule has 0 aromatic rings. The molecule has 2 aliphatic rings. The molecule has 1 atom stereocenters. The number of hydrogen-bond donors (Lipinski definition) is 2. The van der Waals surface area contributed by atoms with E-state index >= 15 is 0 Å². The van der Waals surface area contributed by atoms with E-state index in [-0.39, 0.29) is 5.54 Å². The van der Waals surface area contributed by atoms with Gasteiger partial charge in [-0.25, -0.2) is 0 Å². The highest BCUT2D eigenvalue weighted by Gasteiger charge is 2.46. The quantitative estimate of drug-likeness (QED) is 0.572. The maximum atomic E-state index is 5.84. The predicted molar refractivity (Wildman–Crippen MR) is 69.5 cm³/mol. The summed E-state index contributed by atoms with van der Waals surface area (Å²) in [6, 6.07) is 0.392. The summed E-state index contributed by atoms with van der Waals surface area (Å²) in [6.07, 6.45) is 5.23. The molecule has 4 heteroatoms. The van der Waals surface area contributed by atoms with Gasteiger partial charge in [0.1, 0.15) is 0 Å². The van der Waals surface area contributed by atoms with Crippen molar-refractivity contribution in [3.63, 3.8) is 0 Å². The first kappa shape index (κ1) is 13.3. The number of ether oxygens (including phenoxy) is 1. The number of morpholine rings is 1. The Kier molecular flexibility index (Phi) is 4.42. The maximum absolute atomic E-state index is 5.84. The van der Waals surface area contributed by atoms with E-state index in [0.717, 1.165) is 26.3 Å². The highest BCUT2D eigenvalue weighted by Crippen LogP contribution is 2.40. The van der Waals surface area contributed by atoms with E-state index in [1.54, 1.807) is 0 Å². The molecule has 2 fully saturated rings. The van der Waals surface area contributed by atoms with Gasteiger partial charge in [-0.15, -0.1) is 0 Å². The number of nitrogens with zero attached hydrogens (tertiary/aromatic N) is 1. The molecule has 0 aromatic heterocycles. The van der Waals surface area contributed by atoms with E-state index in [1.807, 2.05) is 0 Å². The molecule has 0 spiro atoms. The Labute approximate surface area is 105 Å². The fraction of sp³-hybridized carbons (Fsp3) is 1.00. The standard InChI is InChI=1S/C13H27N3O/c1-11(2)12(15-14)13(5-3-4-6-13)16-7-9-17-10-8-16/h11-12,15H,3-10,14H2,1-2H3. The van der Waals surface area contributed by atoms with Crippen molar-refractivity contribution in [3.8, 4) is 0 Å². The molecule has 1 unspecified atom stereocenters. The topological polar surface area (TPSA) is 50.5 Å². The van der Waals surface area contributed by atoms with Crippen molar-refractivity contribution in [1.29, 1.82) is 0 Å². The molecular weight excluding hydrogens is 214 g/mol. The molecule has 100 valence electrons. The van der Waals surface area contributed by atoms with Gasteiger partial charge in [-0.05, 0) is 18.8 Å². The molecule has 3 N–H and O–H groups in total. The van der Waals surface area contributed by atoms with Crippen LogP contribution in [0, 0.1) is 5.92 Å². The van der Waals surface area contributed by atoms with Crippen LogP contribution < -0.4 is 11.3 Å². The first-order valence-corrected chi connectivity index (χ1v) is 6.99. The number of hydrogen-bond acceptors (Lipinski definition) is 4. The minimum absolute atomic E-state index is 0.271. The van der Waals surface area contributed by atoms with Crippen molar-refractivity contribution in [2.24, 2.45) is 11.8 Å². The van der Waals surface area contributed by atoms with Gasteiger partial charge in [0.25, 0.3) is 0 Å². The van der Waals surface area contributed by atoms with E-state index in [0.29, 0.717) is 12.0 Å². The molecule has 1 saturated heterocycles. The lowest BCUT2D eigenvalue weighted by atomic mass is 9.80. The zero-order valence-electron chi connectivity index (χ0n) is 11.2. The summed E-state index contributed by atoms with van der Waals surface area (Å²) in [5.41, 5.74) is 3.37. The van der Waals surface area contributed by atoms with Crippen LogP contribution in [0.2, 0.25) is 0 Å². The van der Waals surface area contributed by atoms with E-state index in [9.17, 15) is 0 Å². The number of hydrazine groups is 1. The zero-order chi connectivity index (χ0) is 12.3. The van der Waals surface area contributed by atoms with Crippen LogP contribution in [0.5, 0.6) is 0 Å². The summed E-state index contributed by atoms with van der Waals surface area (Å²) in [5, 5.41) is 0. The van der Waals surface area contributed by atoms with Crippen molar-refractivity contribution >= 4 is 0 Å². The van der Waals surface area contributed by atoms with Gasteiger partial charge in [0.05, 0.1) is 13.2 Å². The zero-order valence-corrected chi connectivity index (χ0v) is 11.2. The number of nitrogens with one attached hydrogen (secondary N) is 1. The van der Waals surface area contributed by atoms with Gasteiger partial charge in [-0.1, -0.05) is 26.7 Å². The SMILES string of the molecule is CC(C)C(NN)C1(N2CCOCC2)CCCC1. The summed E-state index contributed by atoms with van der Waals surface area (Å²) in [6.45, 7) is 8.40. The van der Waals surface area contributed by atoms with Crippen LogP contribution in [0.3, 0.4) is 0 Å². The molecule has 1 aliphatic heterocycles. The third-order valence-electron chi connectivity index (χ3n) is 4.54. The van der Waals surface area contributed by atoms with Crippen molar-refractivity contribution in [3.05, 3.63) is 0 Å². The van der Waals surface area contributed by atoms with Gasteiger partial charge in [-0.3, -0.25) is 16.2 Å². The van der Waals surface area contributed by atoms with E-state index in [2.05, 4.69) is 24.2 Å². The van der Waals surface area contributed by atoms with Crippen molar-refractivity contribution in [2.45, 2.75) is 51.1 Å². The summed E-state index contributed by atoms with van der Waals surface area (Å²) >= 11 is 0. The average molecular weight is 241 g/mol. The van der Waals surface area contributed by atoms with Gasteiger partial charge in [-0.2, -0.15) is 0 Å². The largest absolute Gasteiger partial charge is 0.379 e. The van der Waals surface area contributed by atoms with Crippen LogP contribution in [-0.2, 0) is 4.74 Å². The fourth-order valence-corrected chi connectivity index (χ4v) is 3.79. The molecule has 4 nitrogen and oxygen atoms in total. The summed E-state index contributed by atoms with van der Waals surface area (Å²) < 4.78 is 5.48. The second kappa shape index (κ2) is 5.65. The minimum atomic E-state index is 0.271. The second-order valence-corrected chi connectivity index (χ2v) is 5.80. The predicted octanol–water partition coefficient (Wildman–Crippen LogP) is 1.12. The molecule has 0 bridgehead atoms. The Bertz CT molecular complexity index is 233. The Morgan fingerprint density at radius 1 is 1.18 bits per heavy atom. The maximum Gasteiger partial charge on any atom is 0.0594 e. The molecule has 0 aromatic carbocycles. The van der Waals surface area contributed by atoms with E-state index in [1.165, 1.54) is 25.7 Å². The molecule has 1 saturated carbocycles. The first-order valence-electron chi connectivity index (χ1n) is 6.99. The average Bonchev–Trinajstić information content (AvgIpc) is 2.81. The van der Waals surface area contributed by atoms with Crippen LogP contribution in [-0.4, -0.2) is 42.8 Å². The first-order chi connectivity index (χ1) is 8.20. The van der Waals surface area contributed by atoms with Gasteiger partial charge in [0.15, 0.2) is 0 Å². The van der Waals surface area contributed by atoms with Crippen LogP contribution in [0.25, 0.3) is 0 Å². The van der Waals surface area contributed by atoms with Gasteiger partial charge < -0.3 is 4.74 Å². The number of nitrogens with two attached hydrogens (primary N) is 1. The fourth-order valence-electron chi connectivity index (χ4n) is 3.79.